The zero-order valence-corrected chi connectivity index (χ0v) is 10.2. The second kappa shape index (κ2) is 5.66. The summed E-state index contributed by atoms with van der Waals surface area (Å²) >= 11 is 0. The van der Waals surface area contributed by atoms with E-state index in [2.05, 4.69) is 15.6 Å². The molecule has 0 aromatic carbocycles. The summed E-state index contributed by atoms with van der Waals surface area (Å²) in [5.41, 5.74) is 0.630. The molecule has 1 aliphatic carbocycles. The van der Waals surface area contributed by atoms with Gasteiger partial charge < -0.3 is 10.6 Å². The first-order valence-electron chi connectivity index (χ1n) is 6.28. The number of hydrogen-bond donors (Lipinski definition) is 2. The molecule has 17 heavy (non-hydrogen) atoms. The lowest BCUT2D eigenvalue weighted by Gasteiger charge is -2.09. The van der Waals surface area contributed by atoms with Crippen LogP contribution >= 0.6 is 0 Å². The highest BCUT2D eigenvalue weighted by Crippen LogP contribution is 2.31. The van der Waals surface area contributed by atoms with Gasteiger partial charge in [-0.3, -0.25) is 4.79 Å². The van der Waals surface area contributed by atoms with Crippen LogP contribution in [0.25, 0.3) is 0 Å². The normalized spacial score (nSPS) is 14.4. The Morgan fingerprint density at radius 3 is 3.06 bits per heavy atom. The second-order valence-electron chi connectivity index (χ2n) is 4.42. The van der Waals surface area contributed by atoms with Crippen LogP contribution in [0.3, 0.4) is 0 Å². The van der Waals surface area contributed by atoms with Crippen molar-refractivity contribution in [2.75, 3.05) is 18.4 Å². The number of anilines is 1. The van der Waals surface area contributed by atoms with Crippen LogP contribution in [-0.4, -0.2) is 24.0 Å². The lowest BCUT2D eigenvalue weighted by atomic mass is 10.2. The fraction of sp³-hybridized carbons (Fsp3) is 0.538. The van der Waals surface area contributed by atoms with Gasteiger partial charge in [0.1, 0.15) is 5.82 Å². The Morgan fingerprint density at radius 1 is 1.53 bits per heavy atom. The molecular formula is C13H19N3O. The minimum absolute atomic E-state index is 0.0327. The van der Waals surface area contributed by atoms with Gasteiger partial charge in [0.25, 0.3) is 5.91 Å². The van der Waals surface area contributed by atoms with Gasteiger partial charge in [0, 0.05) is 19.3 Å². The average molecular weight is 233 g/mol. The van der Waals surface area contributed by atoms with Gasteiger partial charge in [0.15, 0.2) is 0 Å². The summed E-state index contributed by atoms with van der Waals surface area (Å²) in [4.78, 5) is 16.1. The molecule has 0 atom stereocenters. The van der Waals surface area contributed by atoms with Crippen LogP contribution in [0.5, 0.6) is 0 Å². The number of aromatic nitrogens is 1. The molecule has 1 aliphatic rings. The third-order valence-electron chi connectivity index (χ3n) is 2.93. The van der Waals surface area contributed by atoms with Crippen LogP contribution in [0.15, 0.2) is 18.3 Å². The first-order valence-corrected chi connectivity index (χ1v) is 6.28. The van der Waals surface area contributed by atoms with Crippen LogP contribution in [0, 0.1) is 5.92 Å². The van der Waals surface area contributed by atoms with Gasteiger partial charge in [-0.05, 0) is 31.4 Å². The number of nitrogens with zero attached hydrogens (tertiary/aromatic N) is 1. The summed E-state index contributed by atoms with van der Waals surface area (Å²) in [6, 6.07) is 3.59. The maximum Gasteiger partial charge on any atom is 0.255 e. The van der Waals surface area contributed by atoms with Gasteiger partial charge in [-0.15, -0.1) is 0 Å². The Morgan fingerprint density at radius 2 is 2.35 bits per heavy atom. The highest BCUT2D eigenvalue weighted by molar-refractivity contribution is 5.98. The van der Waals surface area contributed by atoms with E-state index >= 15 is 0 Å². The van der Waals surface area contributed by atoms with Crippen molar-refractivity contribution in [3.63, 3.8) is 0 Å². The maximum atomic E-state index is 12.0. The molecule has 4 heteroatoms. The fourth-order valence-corrected chi connectivity index (χ4v) is 1.79. The summed E-state index contributed by atoms with van der Waals surface area (Å²) in [5.74, 6) is 1.48. The summed E-state index contributed by atoms with van der Waals surface area (Å²) < 4.78 is 0. The molecule has 4 nitrogen and oxygen atoms in total. The van der Waals surface area contributed by atoms with E-state index in [1.807, 2.05) is 6.92 Å². The van der Waals surface area contributed by atoms with Crippen molar-refractivity contribution in [3.05, 3.63) is 23.9 Å². The molecule has 1 aromatic heterocycles. The predicted octanol–water partition coefficient (Wildman–Crippen LogP) is 2.04. The number of carbonyl (C=O) groups excluding carboxylic acids is 1. The SMILES string of the molecule is CCNc1ncccc1C(=O)NCCC1CC1. The van der Waals surface area contributed by atoms with Gasteiger partial charge in [-0.25, -0.2) is 4.98 Å². The molecular weight excluding hydrogens is 214 g/mol. The van der Waals surface area contributed by atoms with E-state index in [0.717, 1.165) is 25.4 Å². The monoisotopic (exact) mass is 233 g/mol. The number of rotatable bonds is 6. The van der Waals surface area contributed by atoms with E-state index in [1.54, 1.807) is 18.3 Å². The topological polar surface area (TPSA) is 54.0 Å². The Hall–Kier alpha value is -1.58. The van der Waals surface area contributed by atoms with Gasteiger partial charge in [-0.2, -0.15) is 0 Å². The number of carbonyl (C=O) groups is 1. The minimum atomic E-state index is -0.0327. The third-order valence-corrected chi connectivity index (χ3v) is 2.93. The molecule has 1 aromatic rings. The molecule has 0 saturated heterocycles. The molecule has 1 heterocycles. The van der Waals surface area contributed by atoms with Gasteiger partial charge in [-0.1, -0.05) is 12.8 Å². The van der Waals surface area contributed by atoms with Crippen molar-refractivity contribution in [3.8, 4) is 0 Å². The molecule has 1 saturated carbocycles. The standard InChI is InChI=1S/C13H19N3O/c1-2-14-12-11(4-3-8-15-12)13(17)16-9-7-10-5-6-10/h3-4,8,10H,2,5-7,9H2,1H3,(H,14,15)(H,16,17). The second-order valence-corrected chi connectivity index (χ2v) is 4.42. The van der Waals surface area contributed by atoms with Crippen LogP contribution in [0.1, 0.15) is 36.5 Å². The Kier molecular flexibility index (Phi) is 3.96. The third kappa shape index (κ3) is 3.44. The van der Waals surface area contributed by atoms with Crippen molar-refractivity contribution in [1.29, 1.82) is 0 Å². The highest BCUT2D eigenvalue weighted by Gasteiger charge is 2.21. The maximum absolute atomic E-state index is 12.0. The number of amides is 1. The number of nitrogens with one attached hydrogen (secondary N) is 2. The largest absolute Gasteiger partial charge is 0.370 e. The van der Waals surface area contributed by atoms with Crippen LogP contribution < -0.4 is 10.6 Å². The van der Waals surface area contributed by atoms with Crippen molar-refractivity contribution in [1.82, 2.24) is 10.3 Å². The number of hydrogen-bond acceptors (Lipinski definition) is 3. The van der Waals surface area contributed by atoms with E-state index in [9.17, 15) is 4.79 Å². The van der Waals surface area contributed by atoms with Crippen molar-refractivity contribution in [2.45, 2.75) is 26.2 Å². The first-order chi connectivity index (χ1) is 8.31. The summed E-state index contributed by atoms with van der Waals surface area (Å²) in [6.07, 6.45) is 5.44. The molecule has 0 bridgehead atoms. The summed E-state index contributed by atoms with van der Waals surface area (Å²) in [5, 5.41) is 6.05. The summed E-state index contributed by atoms with van der Waals surface area (Å²) in [6.45, 7) is 3.52. The zero-order valence-electron chi connectivity index (χ0n) is 10.2. The van der Waals surface area contributed by atoms with Crippen molar-refractivity contribution in [2.24, 2.45) is 5.92 Å². The quantitative estimate of drug-likeness (QED) is 0.790. The molecule has 1 fully saturated rings. The Bertz CT molecular complexity index is 388. The molecule has 0 unspecified atom stereocenters. The molecule has 92 valence electrons. The Labute approximate surface area is 102 Å². The average Bonchev–Trinajstić information content (AvgIpc) is 3.14. The number of pyridine rings is 1. The Balaban J connectivity index is 1.91. The molecule has 2 rings (SSSR count). The first kappa shape index (κ1) is 11.9. The molecule has 2 N–H and O–H groups in total. The summed E-state index contributed by atoms with van der Waals surface area (Å²) in [7, 11) is 0. The van der Waals surface area contributed by atoms with E-state index in [-0.39, 0.29) is 5.91 Å². The lowest BCUT2D eigenvalue weighted by molar-refractivity contribution is 0.0953. The van der Waals surface area contributed by atoms with E-state index in [1.165, 1.54) is 12.8 Å². The van der Waals surface area contributed by atoms with Gasteiger partial charge >= 0.3 is 0 Å². The van der Waals surface area contributed by atoms with E-state index < -0.39 is 0 Å². The minimum Gasteiger partial charge on any atom is -0.370 e. The van der Waals surface area contributed by atoms with Gasteiger partial charge in [0.05, 0.1) is 5.56 Å². The lowest BCUT2D eigenvalue weighted by Crippen LogP contribution is -2.26. The van der Waals surface area contributed by atoms with Crippen LogP contribution in [0.4, 0.5) is 5.82 Å². The molecule has 0 spiro atoms. The molecule has 0 aliphatic heterocycles. The van der Waals surface area contributed by atoms with Crippen molar-refractivity contribution >= 4 is 11.7 Å². The van der Waals surface area contributed by atoms with E-state index in [0.29, 0.717) is 11.4 Å². The predicted molar refractivity (Wildman–Crippen MR) is 68.1 cm³/mol. The van der Waals surface area contributed by atoms with Crippen LogP contribution in [-0.2, 0) is 0 Å². The van der Waals surface area contributed by atoms with Gasteiger partial charge in [0.2, 0.25) is 0 Å². The fourth-order valence-electron chi connectivity index (χ4n) is 1.79. The molecule has 0 radical (unpaired) electrons. The van der Waals surface area contributed by atoms with E-state index in [4.69, 9.17) is 0 Å². The zero-order chi connectivity index (χ0) is 12.1. The molecule has 1 amide bonds. The van der Waals surface area contributed by atoms with Crippen LogP contribution in [0.2, 0.25) is 0 Å². The van der Waals surface area contributed by atoms with Crippen molar-refractivity contribution < 1.29 is 4.79 Å². The highest BCUT2D eigenvalue weighted by atomic mass is 16.1. The smallest absolute Gasteiger partial charge is 0.255 e.